The monoisotopic (exact) mass is 466 g/mol. The van der Waals surface area contributed by atoms with Gasteiger partial charge in [-0.2, -0.15) is 0 Å². The highest BCUT2D eigenvalue weighted by molar-refractivity contribution is 14.1. The summed E-state index contributed by atoms with van der Waals surface area (Å²) in [6, 6.07) is 7.91. The van der Waals surface area contributed by atoms with E-state index >= 15 is 0 Å². The maximum atomic E-state index is 14.1. The molecule has 0 aliphatic rings. The molecule has 0 radical (unpaired) electrons. The minimum absolute atomic E-state index is 0.00385. The van der Waals surface area contributed by atoms with Gasteiger partial charge in [-0.1, -0.05) is 23.6 Å². The van der Waals surface area contributed by atoms with Crippen LogP contribution in [0.2, 0.25) is 5.02 Å². The molecule has 0 fully saturated rings. The number of carbonyl (C=O) groups excluding carboxylic acids is 1. The minimum Gasteiger partial charge on any atom is -0.337 e. The van der Waals surface area contributed by atoms with Crippen LogP contribution in [0.4, 0.5) is 26.4 Å². The summed E-state index contributed by atoms with van der Waals surface area (Å²) in [5, 5.41) is 6.12. The fourth-order valence-corrected chi connectivity index (χ4v) is 2.72. The number of hydrogen-bond donors (Lipinski definition) is 2. The number of benzene rings is 2. The lowest BCUT2D eigenvalue weighted by Crippen LogP contribution is -2.04. The van der Waals surface area contributed by atoms with E-state index in [1.807, 2.05) is 0 Å². The van der Waals surface area contributed by atoms with Crippen molar-refractivity contribution in [2.24, 2.45) is 0 Å². The van der Waals surface area contributed by atoms with E-state index in [9.17, 15) is 9.18 Å². The van der Waals surface area contributed by atoms with Gasteiger partial charge in [0, 0.05) is 28.0 Å². The van der Waals surface area contributed by atoms with Crippen molar-refractivity contribution in [1.29, 1.82) is 0 Å². The Balaban J connectivity index is 2.14. The first-order valence-corrected chi connectivity index (χ1v) is 8.38. The molecule has 0 saturated heterocycles. The highest BCUT2D eigenvalue weighted by atomic mass is 127. The lowest BCUT2D eigenvalue weighted by Gasteiger charge is -2.12. The number of terminal acetylenes is 1. The highest BCUT2D eigenvalue weighted by Crippen LogP contribution is 2.30. The maximum absolute atomic E-state index is 14.1. The van der Waals surface area contributed by atoms with Crippen LogP contribution in [0, 0.1) is 18.2 Å². The molecule has 124 valence electrons. The SMILES string of the molecule is C#Cc1cc2ncnc(Nc3cccc(Cl)c3F)c2cc1NC(=O)I. The number of carbonyl (C=O) groups is 1. The average Bonchev–Trinajstić information content (AvgIpc) is 2.58. The van der Waals surface area contributed by atoms with Crippen LogP contribution in [0.1, 0.15) is 5.56 Å². The van der Waals surface area contributed by atoms with Crippen molar-refractivity contribution >= 4 is 66.2 Å². The summed E-state index contributed by atoms with van der Waals surface area (Å²) in [6.45, 7) is 0. The molecule has 0 aliphatic carbocycles. The van der Waals surface area contributed by atoms with Crippen LogP contribution in [0.3, 0.4) is 0 Å². The number of amides is 1. The van der Waals surface area contributed by atoms with Crippen molar-refractivity contribution in [1.82, 2.24) is 9.97 Å². The van der Waals surface area contributed by atoms with Gasteiger partial charge in [0.1, 0.15) is 12.1 Å². The maximum Gasteiger partial charge on any atom is 0.285 e. The molecule has 0 saturated carbocycles. The van der Waals surface area contributed by atoms with E-state index < -0.39 is 5.82 Å². The smallest absolute Gasteiger partial charge is 0.285 e. The number of aromatic nitrogens is 2. The molecule has 3 rings (SSSR count). The molecule has 5 nitrogen and oxygen atoms in total. The molecule has 2 aromatic carbocycles. The minimum atomic E-state index is -0.586. The van der Waals surface area contributed by atoms with E-state index in [2.05, 4.69) is 26.5 Å². The molecular weight excluding hydrogens is 458 g/mol. The number of rotatable bonds is 3. The van der Waals surface area contributed by atoms with Gasteiger partial charge in [-0.05, 0) is 24.3 Å². The second-order valence-electron chi connectivity index (χ2n) is 4.91. The first kappa shape index (κ1) is 17.4. The van der Waals surface area contributed by atoms with Gasteiger partial charge in [0.15, 0.2) is 5.82 Å². The Bertz CT molecular complexity index is 1040. The van der Waals surface area contributed by atoms with Crippen molar-refractivity contribution in [3.63, 3.8) is 0 Å². The van der Waals surface area contributed by atoms with Crippen molar-refractivity contribution in [3.8, 4) is 12.3 Å². The molecule has 8 heteroatoms. The molecule has 0 spiro atoms. The van der Waals surface area contributed by atoms with E-state index in [1.54, 1.807) is 46.9 Å². The zero-order valence-electron chi connectivity index (χ0n) is 12.5. The zero-order chi connectivity index (χ0) is 18.0. The number of halogens is 3. The Hall–Kier alpha value is -2.44. The molecule has 1 amide bonds. The third kappa shape index (κ3) is 3.65. The van der Waals surface area contributed by atoms with Crippen LogP contribution in [0.15, 0.2) is 36.7 Å². The second kappa shape index (κ2) is 7.21. The number of fused-ring (bicyclic) bond motifs is 1. The zero-order valence-corrected chi connectivity index (χ0v) is 15.4. The Morgan fingerprint density at radius 1 is 1.28 bits per heavy atom. The summed E-state index contributed by atoms with van der Waals surface area (Å²) in [5.74, 6) is 2.28. The lowest BCUT2D eigenvalue weighted by molar-refractivity contribution is 0.272. The predicted octanol–water partition coefficient (Wildman–Crippen LogP) is 5.11. The van der Waals surface area contributed by atoms with Gasteiger partial charge in [0.2, 0.25) is 0 Å². The summed E-state index contributed by atoms with van der Waals surface area (Å²) < 4.78 is 13.8. The normalized spacial score (nSPS) is 10.3. The molecule has 3 aromatic rings. The molecule has 25 heavy (non-hydrogen) atoms. The summed E-state index contributed by atoms with van der Waals surface area (Å²) >= 11 is 7.41. The number of nitrogens with zero attached hydrogens (tertiary/aromatic N) is 2. The topological polar surface area (TPSA) is 66.9 Å². The van der Waals surface area contributed by atoms with E-state index in [0.29, 0.717) is 28.0 Å². The lowest BCUT2D eigenvalue weighted by atomic mass is 10.1. The van der Waals surface area contributed by atoms with E-state index in [0.717, 1.165) is 0 Å². The molecule has 2 N–H and O–H groups in total. The second-order valence-corrected chi connectivity index (χ2v) is 6.29. The van der Waals surface area contributed by atoms with Crippen molar-refractivity contribution in [2.75, 3.05) is 10.6 Å². The van der Waals surface area contributed by atoms with Gasteiger partial charge in [-0.25, -0.2) is 14.4 Å². The fraction of sp³-hybridized carbons (Fsp3) is 0. The van der Waals surface area contributed by atoms with E-state index in [1.165, 1.54) is 12.4 Å². The largest absolute Gasteiger partial charge is 0.337 e. The molecule has 0 bridgehead atoms. The molecule has 0 atom stereocenters. The van der Waals surface area contributed by atoms with E-state index in [4.69, 9.17) is 18.0 Å². The van der Waals surface area contributed by atoms with Gasteiger partial charge in [0.25, 0.3) is 3.91 Å². The Kier molecular flexibility index (Phi) is 5.01. The van der Waals surface area contributed by atoms with Crippen molar-refractivity contribution in [2.45, 2.75) is 0 Å². The molecule has 1 heterocycles. The average molecular weight is 467 g/mol. The summed E-state index contributed by atoms with van der Waals surface area (Å²) in [6.07, 6.45) is 6.83. The third-order valence-corrected chi connectivity index (χ3v) is 3.93. The van der Waals surface area contributed by atoms with Crippen LogP contribution < -0.4 is 10.6 Å². The van der Waals surface area contributed by atoms with Gasteiger partial charge in [-0.3, -0.25) is 4.79 Å². The van der Waals surface area contributed by atoms with Gasteiger partial charge in [-0.15, -0.1) is 6.42 Å². The van der Waals surface area contributed by atoms with E-state index in [-0.39, 0.29) is 14.6 Å². The summed E-state index contributed by atoms with van der Waals surface area (Å²) in [7, 11) is 0. The molecular formula is C17H9ClFIN4O. The summed E-state index contributed by atoms with van der Waals surface area (Å²) in [5.41, 5.74) is 1.65. The van der Waals surface area contributed by atoms with Crippen LogP contribution in [0.25, 0.3) is 10.9 Å². The van der Waals surface area contributed by atoms with Crippen molar-refractivity contribution < 1.29 is 9.18 Å². The number of hydrogen-bond acceptors (Lipinski definition) is 4. The van der Waals surface area contributed by atoms with Crippen molar-refractivity contribution in [3.05, 3.63) is 53.1 Å². The Morgan fingerprint density at radius 3 is 2.80 bits per heavy atom. The van der Waals surface area contributed by atoms with Gasteiger partial charge in [0.05, 0.1) is 27.5 Å². The highest BCUT2D eigenvalue weighted by Gasteiger charge is 2.13. The first-order chi connectivity index (χ1) is 12.0. The van der Waals surface area contributed by atoms with Crippen LogP contribution in [-0.4, -0.2) is 13.9 Å². The predicted molar refractivity (Wildman–Crippen MR) is 105 cm³/mol. The molecule has 1 aromatic heterocycles. The quantitative estimate of drug-likeness (QED) is 0.244. The third-order valence-electron chi connectivity index (χ3n) is 3.37. The van der Waals surface area contributed by atoms with Crippen LogP contribution in [-0.2, 0) is 0 Å². The number of nitrogens with one attached hydrogen (secondary N) is 2. The molecule has 0 aliphatic heterocycles. The van der Waals surface area contributed by atoms with Gasteiger partial charge < -0.3 is 10.6 Å². The molecule has 0 unspecified atom stereocenters. The Morgan fingerprint density at radius 2 is 2.08 bits per heavy atom. The number of anilines is 3. The standard InChI is InChI=1S/C17H9ClFIN4O/c1-2-9-6-14-10(7-13(9)24-17(20)25)16(22-8-21-14)23-12-5-3-4-11(18)15(12)19/h1,3-8H,(H,24,25)(H,21,22,23). The fourth-order valence-electron chi connectivity index (χ4n) is 2.26. The Labute approximate surface area is 161 Å². The first-order valence-electron chi connectivity index (χ1n) is 6.92. The van der Waals surface area contributed by atoms with Crippen LogP contribution >= 0.6 is 34.2 Å². The van der Waals surface area contributed by atoms with Crippen LogP contribution in [0.5, 0.6) is 0 Å². The van der Waals surface area contributed by atoms with Gasteiger partial charge >= 0.3 is 0 Å². The summed E-state index contributed by atoms with van der Waals surface area (Å²) in [4.78, 5) is 19.7.